The van der Waals surface area contributed by atoms with Crippen LogP contribution in [0.3, 0.4) is 0 Å². The molecule has 0 bridgehead atoms. The van der Waals surface area contributed by atoms with Crippen LogP contribution in [0.2, 0.25) is 0 Å². The van der Waals surface area contributed by atoms with Gasteiger partial charge < -0.3 is 14.6 Å². The Bertz CT molecular complexity index is 724. The molecule has 2 aromatic carbocycles. The number of carbonyl (C=O) groups is 1. The van der Waals surface area contributed by atoms with Gasteiger partial charge in [-0.1, -0.05) is 30.3 Å². The van der Waals surface area contributed by atoms with Gasteiger partial charge in [-0.15, -0.1) is 0 Å². The van der Waals surface area contributed by atoms with Gasteiger partial charge in [-0.25, -0.2) is 4.79 Å². The number of carbonyl (C=O) groups excluding carboxylic acids is 1. The van der Waals surface area contributed by atoms with E-state index in [0.29, 0.717) is 5.56 Å². The highest BCUT2D eigenvalue weighted by molar-refractivity contribution is 7.98. The van der Waals surface area contributed by atoms with Crippen LogP contribution in [0.1, 0.15) is 12.5 Å². The van der Waals surface area contributed by atoms with Crippen molar-refractivity contribution in [2.24, 2.45) is 0 Å². The van der Waals surface area contributed by atoms with E-state index in [-0.39, 0.29) is 18.1 Å². The van der Waals surface area contributed by atoms with Gasteiger partial charge in [0.25, 0.3) is 0 Å². The number of rotatable bonds is 2. The van der Waals surface area contributed by atoms with E-state index in [4.69, 9.17) is 4.74 Å². The molecule has 3 rings (SSSR count). The Morgan fingerprint density at radius 1 is 1.30 bits per heavy atom. The number of aliphatic hydroxyl groups excluding tert-OH is 1. The smallest absolute Gasteiger partial charge is 0.359 e. The molecule has 1 aliphatic rings. The van der Waals surface area contributed by atoms with E-state index in [1.807, 2.05) is 36.4 Å². The molecule has 1 heterocycles. The third kappa shape index (κ3) is 2.00. The summed E-state index contributed by atoms with van der Waals surface area (Å²) in [5, 5.41) is 12.4. The molecule has 1 aliphatic heterocycles. The van der Waals surface area contributed by atoms with Crippen molar-refractivity contribution in [3.8, 4) is 0 Å². The second kappa shape index (κ2) is 5.09. The highest BCUT2D eigenvalue weighted by atomic mass is 32.2. The predicted molar refractivity (Wildman–Crippen MR) is 79.1 cm³/mol. The first kappa shape index (κ1) is 12.9. The molecule has 102 valence electrons. The van der Waals surface area contributed by atoms with Crippen molar-refractivity contribution in [2.45, 2.75) is 11.8 Å². The number of esters is 1. The van der Waals surface area contributed by atoms with Gasteiger partial charge in [0.05, 0.1) is 6.61 Å². The number of fused-ring (bicyclic) bond motifs is 3. The van der Waals surface area contributed by atoms with E-state index in [1.165, 1.54) is 11.9 Å². The van der Waals surface area contributed by atoms with Gasteiger partial charge in [0.2, 0.25) is 0 Å². The maximum absolute atomic E-state index is 11.8. The second-order valence-corrected chi connectivity index (χ2v) is 5.13. The molecule has 20 heavy (non-hydrogen) atoms. The number of hydrogen-bond donors (Lipinski definition) is 2. The minimum atomic E-state index is -0.545. The van der Waals surface area contributed by atoms with E-state index in [0.717, 1.165) is 15.7 Å². The van der Waals surface area contributed by atoms with Crippen LogP contribution in [0.5, 0.6) is 0 Å². The van der Waals surface area contributed by atoms with Gasteiger partial charge >= 0.3 is 5.97 Å². The van der Waals surface area contributed by atoms with E-state index < -0.39 is 5.97 Å². The average molecular weight is 287 g/mol. The van der Waals surface area contributed by atoms with E-state index in [2.05, 4.69) is 4.72 Å². The zero-order chi connectivity index (χ0) is 14.1. The lowest BCUT2D eigenvalue weighted by atomic mass is 10.0. The molecule has 0 fully saturated rings. The SMILES string of the molecule is CCOC(=O)C1=C(O)c2ccc3ccccc3c2SN1. The van der Waals surface area contributed by atoms with Crippen molar-refractivity contribution in [3.05, 3.63) is 47.7 Å². The van der Waals surface area contributed by atoms with Crippen LogP contribution < -0.4 is 4.72 Å². The van der Waals surface area contributed by atoms with Crippen LogP contribution >= 0.6 is 11.9 Å². The molecular formula is C15H13NO3S. The van der Waals surface area contributed by atoms with Crippen molar-refractivity contribution in [1.82, 2.24) is 4.72 Å². The van der Waals surface area contributed by atoms with Gasteiger partial charge in [-0.2, -0.15) is 0 Å². The molecule has 0 atom stereocenters. The standard InChI is InChI=1S/C15H13NO3S/c1-2-19-15(18)12-13(17)11-8-7-9-5-3-4-6-10(9)14(11)20-16-12/h3-8,16-17H,2H2,1H3. The Morgan fingerprint density at radius 2 is 2.10 bits per heavy atom. The summed E-state index contributed by atoms with van der Waals surface area (Å²) in [5.41, 5.74) is 0.745. The topological polar surface area (TPSA) is 58.6 Å². The summed E-state index contributed by atoms with van der Waals surface area (Å²) in [5.74, 6) is -0.612. The van der Waals surface area contributed by atoms with Crippen LogP contribution in [0.4, 0.5) is 0 Å². The normalized spacial score (nSPS) is 13.8. The van der Waals surface area contributed by atoms with Crippen LogP contribution in [-0.2, 0) is 9.53 Å². The predicted octanol–water partition coefficient (Wildman–Crippen LogP) is 3.24. The highest BCUT2D eigenvalue weighted by Crippen LogP contribution is 2.38. The summed E-state index contributed by atoms with van der Waals surface area (Å²) < 4.78 is 7.80. The highest BCUT2D eigenvalue weighted by Gasteiger charge is 2.26. The summed E-state index contributed by atoms with van der Waals surface area (Å²) >= 11 is 1.32. The first-order chi connectivity index (χ1) is 9.72. The first-order valence-corrected chi connectivity index (χ1v) is 7.09. The van der Waals surface area contributed by atoms with Gasteiger partial charge in [0.1, 0.15) is 0 Å². The molecule has 2 aromatic rings. The summed E-state index contributed by atoms with van der Waals surface area (Å²) in [6, 6.07) is 11.7. The van der Waals surface area contributed by atoms with Crippen molar-refractivity contribution in [1.29, 1.82) is 0 Å². The fourth-order valence-electron chi connectivity index (χ4n) is 2.17. The lowest BCUT2D eigenvalue weighted by Gasteiger charge is -2.20. The number of nitrogens with one attached hydrogen (secondary N) is 1. The summed E-state index contributed by atoms with van der Waals surface area (Å²) in [6.45, 7) is 2.00. The molecule has 0 aliphatic carbocycles. The van der Waals surface area contributed by atoms with E-state index in [1.54, 1.807) is 6.92 Å². The summed E-state index contributed by atoms with van der Waals surface area (Å²) in [7, 11) is 0. The summed E-state index contributed by atoms with van der Waals surface area (Å²) in [4.78, 5) is 12.7. The average Bonchev–Trinajstić information content (AvgIpc) is 2.47. The van der Waals surface area contributed by atoms with Crippen molar-refractivity contribution >= 4 is 34.4 Å². The van der Waals surface area contributed by atoms with Crippen molar-refractivity contribution in [3.63, 3.8) is 0 Å². The third-order valence-electron chi connectivity index (χ3n) is 3.11. The molecule has 2 N–H and O–H groups in total. The van der Waals surface area contributed by atoms with E-state index >= 15 is 0 Å². The first-order valence-electron chi connectivity index (χ1n) is 6.27. The minimum absolute atomic E-state index is 0.0667. The second-order valence-electron chi connectivity index (χ2n) is 4.31. The number of benzene rings is 2. The monoisotopic (exact) mass is 287 g/mol. The lowest BCUT2D eigenvalue weighted by Crippen LogP contribution is -2.22. The largest absolute Gasteiger partial charge is 0.505 e. The Morgan fingerprint density at radius 3 is 2.90 bits per heavy atom. The fourth-order valence-corrected chi connectivity index (χ4v) is 3.12. The zero-order valence-electron chi connectivity index (χ0n) is 10.8. The Hall–Kier alpha value is -2.14. The molecule has 0 aromatic heterocycles. The Balaban J connectivity index is 2.15. The Labute approximate surface area is 120 Å². The molecular weight excluding hydrogens is 274 g/mol. The molecule has 0 saturated carbocycles. The maximum Gasteiger partial charge on any atom is 0.359 e. The van der Waals surface area contributed by atoms with Crippen LogP contribution in [0.15, 0.2) is 47.0 Å². The van der Waals surface area contributed by atoms with Crippen LogP contribution in [0, 0.1) is 0 Å². The molecule has 0 spiro atoms. The van der Waals surface area contributed by atoms with Crippen LogP contribution in [-0.4, -0.2) is 17.7 Å². The Kier molecular flexibility index (Phi) is 3.28. The fraction of sp³-hybridized carbons (Fsp3) is 0.133. The van der Waals surface area contributed by atoms with Gasteiger partial charge in [-0.3, -0.25) is 0 Å². The third-order valence-corrected chi connectivity index (χ3v) is 4.06. The van der Waals surface area contributed by atoms with Gasteiger partial charge in [0, 0.05) is 10.5 Å². The molecule has 0 saturated heterocycles. The molecule has 0 unspecified atom stereocenters. The molecule has 4 nitrogen and oxygen atoms in total. The van der Waals surface area contributed by atoms with Gasteiger partial charge in [-0.05, 0) is 35.7 Å². The number of ether oxygens (including phenoxy) is 1. The maximum atomic E-state index is 11.8. The molecule has 0 amide bonds. The quantitative estimate of drug-likeness (QED) is 0.656. The zero-order valence-corrected chi connectivity index (χ0v) is 11.7. The molecule has 5 heteroatoms. The summed E-state index contributed by atoms with van der Waals surface area (Å²) in [6.07, 6.45) is 0. The van der Waals surface area contributed by atoms with Gasteiger partial charge in [0.15, 0.2) is 11.5 Å². The van der Waals surface area contributed by atoms with Crippen molar-refractivity contribution in [2.75, 3.05) is 6.61 Å². The van der Waals surface area contributed by atoms with E-state index in [9.17, 15) is 9.90 Å². The lowest BCUT2D eigenvalue weighted by molar-refractivity contribution is -0.138. The molecule has 0 radical (unpaired) electrons. The van der Waals surface area contributed by atoms with Crippen LogP contribution in [0.25, 0.3) is 16.5 Å². The number of aliphatic hydroxyl groups is 1. The number of hydrogen-bond acceptors (Lipinski definition) is 5. The minimum Gasteiger partial charge on any atom is -0.505 e. The van der Waals surface area contributed by atoms with Crippen molar-refractivity contribution < 1.29 is 14.6 Å².